The van der Waals surface area contributed by atoms with Crippen molar-refractivity contribution in [1.82, 2.24) is 0 Å². The topological polar surface area (TPSA) is 35.5 Å². The van der Waals surface area contributed by atoms with Gasteiger partial charge in [-0.05, 0) is 32.8 Å². The SMILES string of the molecule is CC(C)(C)OC(=O)[C@@H]1OCC[C@@H]1c1ccccc1. The molecule has 1 fully saturated rings. The number of hydrogen-bond acceptors (Lipinski definition) is 3. The van der Waals surface area contributed by atoms with E-state index >= 15 is 0 Å². The van der Waals surface area contributed by atoms with Crippen molar-refractivity contribution in [3.63, 3.8) is 0 Å². The third kappa shape index (κ3) is 3.10. The van der Waals surface area contributed by atoms with Gasteiger partial charge in [-0.1, -0.05) is 30.3 Å². The van der Waals surface area contributed by atoms with Crippen molar-refractivity contribution in [1.29, 1.82) is 0 Å². The van der Waals surface area contributed by atoms with Crippen molar-refractivity contribution in [2.24, 2.45) is 0 Å². The van der Waals surface area contributed by atoms with E-state index in [1.165, 1.54) is 0 Å². The average Bonchev–Trinajstić information content (AvgIpc) is 2.76. The maximum absolute atomic E-state index is 12.1. The Hall–Kier alpha value is -1.35. The third-order valence-electron chi connectivity index (χ3n) is 2.96. The van der Waals surface area contributed by atoms with Gasteiger partial charge in [0.05, 0.1) is 0 Å². The Morgan fingerprint density at radius 3 is 2.56 bits per heavy atom. The molecule has 1 aromatic carbocycles. The molecule has 0 aliphatic carbocycles. The number of benzene rings is 1. The van der Waals surface area contributed by atoms with Crippen LogP contribution in [0.5, 0.6) is 0 Å². The van der Waals surface area contributed by atoms with E-state index in [9.17, 15) is 4.79 Å². The minimum atomic E-state index is -0.468. The standard InChI is InChI=1S/C15H20O3/c1-15(2,3)18-14(16)13-12(9-10-17-13)11-7-5-4-6-8-11/h4-8,12-13H,9-10H2,1-3H3/t12-,13-/m1/s1. The fourth-order valence-electron chi connectivity index (χ4n) is 2.22. The van der Waals surface area contributed by atoms with Crippen molar-refractivity contribution < 1.29 is 14.3 Å². The van der Waals surface area contributed by atoms with Gasteiger partial charge >= 0.3 is 5.97 Å². The molecule has 0 spiro atoms. The molecule has 2 atom stereocenters. The first-order chi connectivity index (χ1) is 8.47. The zero-order valence-electron chi connectivity index (χ0n) is 11.2. The van der Waals surface area contributed by atoms with E-state index in [-0.39, 0.29) is 11.9 Å². The Morgan fingerprint density at radius 2 is 1.94 bits per heavy atom. The molecule has 2 rings (SSSR count). The lowest BCUT2D eigenvalue weighted by atomic mass is 9.92. The maximum Gasteiger partial charge on any atom is 0.336 e. The first-order valence-corrected chi connectivity index (χ1v) is 6.37. The Kier molecular flexibility index (Phi) is 3.71. The van der Waals surface area contributed by atoms with Gasteiger partial charge in [0.2, 0.25) is 0 Å². The van der Waals surface area contributed by atoms with E-state index in [1.54, 1.807) is 0 Å². The second-order valence-corrected chi connectivity index (χ2v) is 5.63. The molecule has 1 saturated heterocycles. The number of ether oxygens (including phenoxy) is 2. The van der Waals surface area contributed by atoms with E-state index in [0.717, 1.165) is 12.0 Å². The van der Waals surface area contributed by atoms with Gasteiger partial charge in [-0.2, -0.15) is 0 Å². The molecule has 0 bridgehead atoms. The summed E-state index contributed by atoms with van der Waals surface area (Å²) in [4.78, 5) is 12.1. The van der Waals surface area contributed by atoms with Crippen molar-refractivity contribution in [2.45, 2.75) is 44.8 Å². The Labute approximate surface area is 108 Å². The van der Waals surface area contributed by atoms with Gasteiger partial charge < -0.3 is 9.47 Å². The van der Waals surface area contributed by atoms with E-state index in [1.807, 2.05) is 51.1 Å². The molecular formula is C15H20O3. The molecule has 1 aromatic rings. The van der Waals surface area contributed by atoms with Crippen LogP contribution >= 0.6 is 0 Å². The highest BCUT2D eigenvalue weighted by atomic mass is 16.6. The lowest BCUT2D eigenvalue weighted by Crippen LogP contribution is -2.34. The molecule has 1 aliphatic rings. The fraction of sp³-hybridized carbons (Fsp3) is 0.533. The third-order valence-corrected chi connectivity index (χ3v) is 2.96. The largest absolute Gasteiger partial charge is 0.458 e. The predicted octanol–water partition coefficient (Wildman–Crippen LogP) is 2.90. The van der Waals surface area contributed by atoms with Gasteiger partial charge in [0, 0.05) is 12.5 Å². The van der Waals surface area contributed by atoms with Crippen LogP contribution in [0.1, 0.15) is 38.7 Å². The van der Waals surface area contributed by atoms with Gasteiger partial charge in [-0.3, -0.25) is 0 Å². The van der Waals surface area contributed by atoms with Gasteiger partial charge in [0.25, 0.3) is 0 Å². The van der Waals surface area contributed by atoms with Gasteiger partial charge in [0.1, 0.15) is 5.60 Å². The molecule has 0 radical (unpaired) electrons. The number of esters is 1. The van der Waals surface area contributed by atoms with Gasteiger partial charge in [-0.25, -0.2) is 4.79 Å². The van der Waals surface area contributed by atoms with Crippen LogP contribution in [-0.4, -0.2) is 24.3 Å². The molecule has 1 aliphatic heterocycles. The first-order valence-electron chi connectivity index (χ1n) is 6.37. The summed E-state index contributed by atoms with van der Waals surface area (Å²) in [6, 6.07) is 10.0. The molecule has 3 nitrogen and oxygen atoms in total. The van der Waals surface area contributed by atoms with Crippen LogP contribution in [-0.2, 0) is 14.3 Å². The average molecular weight is 248 g/mol. The summed E-state index contributed by atoms with van der Waals surface area (Å²) < 4.78 is 11.0. The molecule has 0 N–H and O–H groups in total. The summed E-state index contributed by atoms with van der Waals surface area (Å²) >= 11 is 0. The smallest absolute Gasteiger partial charge is 0.336 e. The molecule has 0 aromatic heterocycles. The minimum Gasteiger partial charge on any atom is -0.458 e. The Balaban J connectivity index is 2.11. The van der Waals surface area contributed by atoms with Crippen LogP contribution in [0.25, 0.3) is 0 Å². The molecule has 18 heavy (non-hydrogen) atoms. The summed E-state index contributed by atoms with van der Waals surface area (Å²) in [6.45, 7) is 6.23. The number of carbonyl (C=O) groups is 1. The predicted molar refractivity (Wildman–Crippen MR) is 69.4 cm³/mol. The highest BCUT2D eigenvalue weighted by Gasteiger charge is 2.37. The quantitative estimate of drug-likeness (QED) is 0.755. The van der Waals surface area contributed by atoms with Crippen LogP contribution in [0, 0.1) is 0 Å². The molecule has 0 amide bonds. The Bertz CT molecular complexity index is 405. The summed E-state index contributed by atoms with van der Waals surface area (Å²) in [6.07, 6.45) is 0.403. The molecule has 1 heterocycles. The van der Waals surface area contributed by atoms with E-state index in [4.69, 9.17) is 9.47 Å². The second kappa shape index (κ2) is 5.11. The monoisotopic (exact) mass is 248 g/mol. The lowest BCUT2D eigenvalue weighted by molar-refractivity contribution is -0.166. The normalized spacial score (nSPS) is 23.9. The summed E-state index contributed by atoms with van der Waals surface area (Å²) in [5.41, 5.74) is 0.676. The van der Waals surface area contributed by atoms with E-state index < -0.39 is 11.7 Å². The van der Waals surface area contributed by atoms with Crippen LogP contribution in [0.4, 0.5) is 0 Å². The highest BCUT2D eigenvalue weighted by Crippen LogP contribution is 2.32. The van der Waals surface area contributed by atoms with E-state index in [2.05, 4.69) is 0 Å². The maximum atomic E-state index is 12.1. The van der Waals surface area contributed by atoms with Crippen LogP contribution in [0.3, 0.4) is 0 Å². The molecular weight excluding hydrogens is 228 g/mol. The molecule has 0 saturated carbocycles. The van der Waals surface area contributed by atoms with Crippen LogP contribution < -0.4 is 0 Å². The molecule has 98 valence electrons. The zero-order valence-corrected chi connectivity index (χ0v) is 11.2. The van der Waals surface area contributed by atoms with Gasteiger partial charge in [-0.15, -0.1) is 0 Å². The first kappa shape index (κ1) is 13.1. The van der Waals surface area contributed by atoms with Gasteiger partial charge in [0.15, 0.2) is 6.10 Å². The van der Waals surface area contributed by atoms with Crippen molar-refractivity contribution >= 4 is 5.97 Å². The lowest BCUT2D eigenvalue weighted by Gasteiger charge is -2.24. The van der Waals surface area contributed by atoms with E-state index in [0.29, 0.717) is 6.61 Å². The molecule has 3 heteroatoms. The summed E-state index contributed by atoms with van der Waals surface area (Å²) in [5.74, 6) is -0.144. The number of carbonyl (C=O) groups excluding carboxylic acids is 1. The summed E-state index contributed by atoms with van der Waals surface area (Å²) in [7, 11) is 0. The fourth-order valence-corrected chi connectivity index (χ4v) is 2.22. The Morgan fingerprint density at radius 1 is 1.28 bits per heavy atom. The summed E-state index contributed by atoms with van der Waals surface area (Å²) in [5, 5.41) is 0. The zero-order chi connectivity index (χ0) is 13.2. The van der Waals surface area contributed by atoms with Crippen LogP contribution in [0.2, 0.25) is 0 Å². The number of hydrogen-bond donors (Lipinski definition) is 0. The number of rotatable bonds is 2. The van der Waals surface area contributed by atoms with Crippen molar-refractivity contribution in [3.05, 3.63) is 35.9 Å². The van der Waals surface area contributed by atoms with Crippen molar-refractivity contribution in [3.8, 4) is 0 Å². The van der Waals surface area contributed by atoms with Crippen molar-refractivity contribution in [2.75, 3.05) is 6.61 Å². The second-order valence-electron chi connectivity index (χ2n) is 5.63. The molecule has 0 unspecified atom stereocenters. The van der Waals surface area contributed by atoms with Crippen LogP contribution in [0.15, 0.2) is 30.3 Å². The minimum absolute atomic E-state index is 0.112. The highest BCUT2D eigenvalue weighted by molar-refractivity contribution is 5.77.